The highest BCUT2D eigenvalue weighted by Gasteiger charge is 2.17. The van der Waals surface area contributed by atoms with Crippen LogP contribution < -0.4 is 5.73 Å². The zero-order valence-electron chi connectivity index (χ0n) is 9.77. The minimum absolute atomic E-state index is 0.242. The monoisotopic (exact) mass is 222 g/mol. The Morgan fingerprint density at radius 2 is 2.31 bits per heavy atom. The van der Waals surface area contributed by atoms with Gasteiger partial charge in [-0.2, -0.15) is 0 Å². The second kappa shape index (κ2) is 5.52. The highest BCUT2D eigenvalue weighted by molar-refractivity contribution is 5.59. The zero-order valence-corrected chi connectivity index (χ0v) is 9.77. The number of nitrogens with two attached hydrogens (primary N) is 1. The van der Waals surface area contributed by atoms with Gasteiger partial charge in [0, 0.05) is 6.42 Å². The van der Waals surface area contributed by atoms with Crippen LogP contribution in [-0.4, -0.2) is 20.8 Å². The Labute approximate surface area is 95.7 Å². The van der Waals surface area contributed by atoms with E-state index in [1.54, 1.807) is 11.5 Å². The number of nitrogen functional groups attached to an aromatic ring is 1. The number of aromatic nitrogens is 2. The molecule has 1 aromatic heterocycles. The van der Waals surface area contributed by atoms with Crippen LogP contribution in [0.4, 0.5) is 11.6 Å². The molecule has 0 amide bonds. The molecular weight excluding hydrogens is 204 g/mol. The third-order valence-corrected chi connectivity index (χ3v) is 2.37. The van der Waals surface area contributed by atoms with Crippen molar-refractivity contribution in [2.75, 3.05) is 5.73 Å². The molecule has 88 valence electrons. The molecule has 3 N–H and O–H groups in total. The highest BCUT2D eigenvalue weighted by atomic mass is 16.3. The van der Waals surface area contributed by atoms with E-state index in [1.807, 2.05) is 0 Å². The molecule has 5 nitrogen and oxygen atoms in total. The van der Waals surface area contributed by atoms with E-state index in [2.05, 4.69) is 16.8 Å². The van der Waals surface area contributed by atoms with Crippen molar-refractivity contribution < 1.29 is 5.11 Å². The fourth-order valence-electron chi connectivity index (χ4n) is 1.58. The molecule has 0 saturated heterocycles. The smallest absolute Gasteiger partial charge is 0.311 e. The third-order valence-electron chi connectivity index (χ3n) is 2.37. The topological polar surface area (TPSA) is 68.4 Å². The molecule has 1 rings (SSSR count). The van der Waals surface area contributed by atoms with Crippen LogP contribution in [0.15, 0.2) is 0 Å². The highest BCUT2D eigenvalue weighted by Crippen LogP contribution is 2.24. The largest absolute Gasteiger partial charge is 0.392 e. The minimum atomic E-state index is -0.490. The van der Waals surface area contributed by atoms with Crippen LogP contribution in [0.25, 0.3) is 4.85 Å². The van der Waals surface area contributed by atoms with E-state index in [0.29, 0.717) is 12.4 Å². The van der Waals surface area contributed by atoms with Crippen LogP contribution in [0, 0.1) is 6.57 Å². The summed E-state index contributed by atoms with van der Waals surface area (Å²) in [4.78, 5) is 7.47. The fourth-order valence-corrected chi connectivity index (χ4v) is 1.58. The van der Waals surface area contributed by atoms with Gasteiger partial charge in [0.25, 0.3) is 0 Å². The van der Waals surface area contributed by atoms with Crippen molar-refractivity contribution in [1.29, 1.82) is 0 Å². The number of anilines is 1. The van der Waals surface area contributed by atoms with E-state index in [4.69, 9.17) is 12.3 Å². The zero-order chi connectivity index (χ0) is 12.1. The molecule has 1 unspecified atom stereocenters. The summed E-state index contributed by atoms with van der Waals surface area (Å²) < 4.78 is 1.74. The summed E-state index contributed by atoms with van der Waals surface area (Å²) in [5.74, 6) is 1.40. The second-order valence-electron chi connectivity index (χ2n) is 3.91. The molecule has 16 heavy (non-hydrogen) atoms. The Bertz CT molecular complexity index is 389. The molecular formula is C11H18N4O. The lowest BCUT2D eigenvalue weighted by Gasteiger charge is -2.09. The maximum absolute atomic E-state index is 9.38. The number of hydrogen-bond acceptors (Lipinski definition) is 3. The van der Waals surface area contributed by atoms with Crippen molar-refractivity contribution >= 4 is 11.6 Å². The quantitative estimate of drug-likeness (QED) is 0.746. The minimum Gasteiger partial charge on any atom is -0.392 e. The van der Waals surface area contributed by atoms with E-state index in [-0.39, 0.29) is 5.82 Å². The van der Waals surface area contributed by atoms with Crippen LogP contribution in [0.3, 0.4) is 0 Å². The molecule has 5 heteroatoms. The first-order chi connectivity index (χ1) is 7.60. The molecule has 0 aliphatic carbocycles. The van der Waals surface area contributed by atoms with Crippen LogP contribution in [0.5, 0.6) is 0 Å². The van der Waals surface area contributed by atoms with Gasteiger partial charge in [-0.05, 0) is 13.3 Å². The lowest BCUT2D eigenvalue weighted by molar-refractivity contribution is 0.173. The van der Waals surface area contributed by atoms with Crippen molar-refractivity contribution in [3.05, 3.63) is 17.2 Å². The molecule has 0 aromatic carbocycles. The van der Waals surface area contributed by atoms with Gasteiger partial charge in [0.2, 0.25) is 5.82 Å². The van der Waals surface area contributed by atoms with Gasteiger partial charge in [-0.1, -0.05) is 19.9 Å². The molecule has 0 saturated carbocycles. The number of aliphatic hydroxyl groups is 1. The maximum Gasteiger partial charge on any atom is 0.311 e. The van der Waals surface area contributed by atoms with Gasteiger partial charge in [-0.15, -0.1) is 4.98 Å². The molecule has 0 aliphatic rings. The van der Waals surface area contributed by atoms with Gasteiger partial charge in [0.1, 0.15) is 5.82 Å². The van der Waals surface area contributed by atoms with E-state index in [1.165, 1.54) is 0 Å². The molecule has 0 spiro atoms. The van der Waals surface area contributed by atoms with E-state index >= 15 is 0 Å². The van der Waals surface area contributed by atoms with Crippen molar-refractivity contribution in [1.82, 2.24) is 9.55 Å². The van der Waals surface area contributed by atoms with Gasteiger partial charge >= 0.3 is 5.82 Å². The summed E-state index contributed by atoms with van der Waals surface area (Å²) in [5.41, 5.74) is 5.81. The number of nitrogens with zero attached hydrogens (tertiary/aromatic N) is 3. The number of hydrogen-bond donors (Lipinski definition) is 2. The Balaban J connectivity index is 3.00. The summed E-state index contributed by atoms with van der Waals surface area (Å²) in [6, 6.07) is 0. The van der Waals surface area contributed by atoms with Crippen molar-refractivity contribution in [3.8, 4) is 0 Å². The molecule has 1 heterocycles. The lowest BCUT2D eigenvalue weighted by atomic mass is 10.2. The van der Waals surface area contributed by atoms with Gasteiger partial charge < -0.3 is 20.3 Å². The summed E-state index contributed by atoms with van der Waals surface area (Å²) in [6.07, 6.45) is 2.38. The average molecular weight is 222 g/mol. The number of aliphatic hydroxyl groups excluding tert-OH is 1. The van der Waals surface area contributed by atoms with Gasteiger partial charge in [0.15, 0.2) is 0 Å². The Hall–Kier alpha value is -1.54. The first-order valence-corrected chi connectivity index (χ1v) is 5.50. The van der Waals surface area contributed by atoms with Gasteiger partial charge in [-0.3, -0.25) is 0 Å². The summed E-state index contributed by atoms with van der Waals surface area (Å²) in [6.45, 7) is 11.2. The molecule has 0 fully saturated rings. The summed E-state index contributed by atoms with van der Waals surface area (Å²) >= 11 is 0. The maximum atomic E-state index is 9.38. The second-order valence-corrected chi connectivity index (χ2v) is 3.91. The molecule has 0 aliphatic heterocycles. The van der Waals surface area contributed by atoms with E-state index in [0.717, 1.165) is 25.1 Å². The Kier molecular flexibility index (Phi) is 4.32. The Morgan fingerprint density at radius 1 is 1.62 bits per heavy atom. The third kappa shape index (κ3) is 2.74. The number of rotatable bonds is 5. The average Bonchev–Trinajstić information content (AvgIpc) is 2.53. The van der Waals surface area contributed by atoms with Crippen molar-refractivity contribution in [3.63, 3.8) is 0 Å². The standard InChI is InChI=1S/C11H18N4O/c1-4-5-6-9-14-11(13-3)10(12)15(9)7-8(2)16/h8,16H,4-7,12H2,1-2H3. The van der Waals surface area contributed by atoms with Crippen LogP contribution in [0.2, 0.25) is 0 Å². The van der Waals surface area contributed by atoms with Gasteiger partial charge in [-0.25, -0.2) is 0 Å². The number of aryl methyl sites for hydroxylation is 1. The summed E-state index contributed by atoms with van der Waals surface area (Å²) in [7, 11) is 0. The van der Waals surface area contributed by atoms with E-state index in [9.17, 15) is 5.11 Å². The SMILES string of the molecule is [C-]#[N+]c1nc(CCCC)n(CC(C)O)c1N. The van der Waals surface area contributed by atoms with E-state index < -0.39 is 6.10 Å². The van der Waals surface area contributed by atoms with Crippen LogP contribution in [0.1, 0.15) is 32.5 Å². The predicted octanol–water partition coefficient (Wildman–Crippen LogP) is 1.74. The number of imidazole rings is 1. The van der Waals surface area contributed by atoms with Crippen molar-refractivity contribution in [2.45, 2.75) is 45.8 Å². The predicted molar refractivity (Wildman–Crippen MR) is 63.2 cm³/mol. The molecule has 0 bridgehead atoms. The summed E-state index contributed by atoms with van der Waals surface area (Å²) in [5, 5.41) is 9.38. The lowest BCUT2D eigenvalue weighted by Crippen LogP contribution is -2.16. The van der Waals surface area contributed by atoms with Crippen LogP contribution in [-0.2, 0) is 13.0 Å². The molecule has 0 radical (unpaired) electrons. The molecule has 1 aromatic rings. The number of unbranched alkanes of at least 4 members (excludes halogenated alkanes) is 1. The van der Waals surface area contributed by atoms with Gasteiger partial charge in [0.05, 0.1) is 12.6 Å². The molecule has 1 atom stereocenters. The van der Waals surface area contributed by atoms with Crippen molar-refractivity contribution in [2.24, 2.45) is 0 Å². The normalized spacial score (nSPS) is 12.4. The Morgan fingerprint density at radius 3 is 2.81 bits per heavy atom. The fraction of sp³-hybridized carbons (Fsp3) is 0.636. The first kappa shape index (κ1) is 12.5. The van der Waals surface area contributed by atoms with Crippen LogP contribution >= 0.6 is 0 Å². The first-order valence-electron chi connectivity index (χ1n) is 5.50.